The Morgan fingerprint density at radius 2 is 1.97 bits per heavy atom. The van der Waals surface area contributed by atoms with E-state index < -0.39 is 0 Å². The lowest BCUT2D eigenvalue weighted by atomic mass is 9.93. The quantitative estimate of drug-likeness (QED) is 0.472. The maximum atomic E-state index is 13.5. The first-order valence-corrected chi connectivity index (χ1v) is 11.2. The second-order valence-corrected chi connectivity index (χ2v) is 7.75. The molecular weight excluding hydrogens is 402 g/mol. The van der Waals surface area contributed by atoms with Gasteiger partial charge in [0, 0.05) is 30.1 Å². The van der Waals surface area contributed by atoms with Crippen LogP contribution in [0.2, 0.25) is 0 Å². The molecule has 7 nitrogen and oxygen atoms in total. The third-order valence-corrected chi connectivity index (χ3v) is 5.85. The third-order valence-electron chi connectivity index (χ3n) is 5.85. The lowest BCUT2D eigenvalue weighted by Gasteiger charge is -2.33. The van der Waals surface area contributed by atoms with Gasteiger partial charge in [-0.3, -0.25) is 4.79 Å². The standard InChI is InChI=1S/C23H23N5O2.C2H6/c1-15-12-20(28-23(26-15)24-14-25-28)17-7-5-11-27(13-17)22(29)19-10-9-16-6-3-4-8-18(16)21(19)30-2;1-2/h3-4,6,8-10,12,14,17H,5,7,11,13H2,1-2H3;1-2H3. The van der Waals surface area contributed by atoms with Crippen molar-refractivity contribution in [3.05, 3.63) is 65.7 Å². The highest BCUT2D eigenvalue weighted by molar-refractivity contribution is 6.03. The Hall–Kier alpha value is -3.48. The molecule has 0 radical (unpaired) electrons. The second-order valence-electron chi connectivity index (χ2n) is 7.75. The number of carbonyl (C=O) groups is 1. The summed E-state index contributed by atoms with van der Waals surface area (Å²) in [6.45, 7) is 7.33. The smallest absolute Gasteiger partial charge is 0.257 e. The summed E-state index contributed by atoms with van der Waals surface area (Å²) in [5.74, 6) is 1.42. The molecule has 2 aromatic heterocycles. The van der Waals surface area contributed by atoms with Gasteiger partial charge in [-0.2, -0.15) is 10.1 Å². The van der Waals surface area contributed by atoms with Crippen LogP contribution < -0.4 is 4.74 Å². The average Bonchev–Trinajstić information content (AvgIpc) is 3.32. The molecule has 2 aromatic carbocycles. The molecular formula is C25H29N5O2. The molecule has 1 amide bonds. The van der Waals surface area contributed by atoms with Gasteiger partial charge in [0.1, 0.15) is 12.1 Å². The minimum Gasteiger partial charge on any atom is -0.495 e. The maximum Gasteiger partial charge on any atom is 0.257 e. The number of amides is 1. The maximum absolute atomic E-state index is 13.5. The Kier molecular flexibility index (Phi) is 6.35. The summed E-state index contributed by atoms with van der Waals surface area (Å²) in [6, 6.07) is 13.9. The molecule has 0 bridgehead atoms. The van der Waals surface area contributed by atoms with Crippen LogP contribution in [0.15, 0.2) is 48.8 Å². The van der Waals surface area contributed by atoms with E-state index in [1.54, 1.807) is 11.6 Å². The average molecular weight is 432 g/mol. The Morgan fingerprint density at radius 3 is 2.78 bits per heavy atom. The minimum atomic E-state index is 0.00270. The number of benzene rings is 2. The van der Waals surface area contributed by atoms with Crippen molar-refractivity contribution in [3.8, 4) is 5.75 Å². The van der Waals surface area contributed by atoms with Gasteiger partial charge in [0.25, 0.3) is 11.7 Å². The van der Waals surface area contributed by atoms with Crippen LogP contribution in [-0.2, 0) is 0 Å². The molecule has 166 valence electrons. The van der Waals surface area contributed by atoms with Gasteiger partial charge in [-0.25, -0.2) is 9.50 Å². The first-order chi connectivity index (χ1) is 15.7. The fourth-order valence-corrected chi connectivity index (χ4v) is 4.45. The first kappa shape index (κ1) is 21.7. The highest BCUT2D eigenvalue weighted by Gasteiger charge is 2.29. The van der Waals surface area contributed by atoms with Crippen LogP contribution >= 0.6 is 0 Å². The lowest BCUT2D eigenvalue weighted by Crippen LogP contribution is -2.39. The summed E-state index contributed by atoms with van der Waals surface area (Å²) in [4.78, 5) is 24.1. The lowest BCUT2D eigenvalue weighted by molar-refractivity contribution is 0.0702. The Labute approximate surface area is 188 Å². The molecule has 1 aliphatic rings. The summed E-state index contributed by atoms with van der Waals surface area (Å²) >= 11 is 0. The summed E-state index contributed by atoms with van der Waals surface area (Å²) in [6.07, 6.45) is 3.46. The molecule has 1 fully saturated rings. The number of hydrogen-bond acceptors (Lipinski definition) is 5. The topological polar surface area (TPSA) is 72.6 Å². The largest absolute Gasteiger partial charge is 0.495 e. The summed E-state index contributed by atoms with van der Waals surface area (Å²) in [5, 5.41) is 6.36. The van der Waals surface area contributed by atoms with Crippen LogP contribution in [0.4, 0.5) is 0 Å². The van der Waals surface area contributed by atoms with E-state index in [0.717, 1.165) is 41.5 Å². The first-order valence-electron chi connectivity index (χ1n) is 11.2. The third kappa shape index (κ3) is 3.90. The van der Waals surface area contributed by atoms with E-state index in [4.69, 9.17) is 4.74 Å². The van der Waals surface area contributed by atoms with E-state index >= 15 is 0 Å². The molecule has 0 saturated carbocycles. The Morgan fingerprint density at radius 1 is 1.16 bits per heavy atom. The zero-order valence-electron chi connectivity index (χ0n) is 19.1. The van der Waals surface area contributed by atoms with E-state index in [9.17, 15) is 4.79 Å². The van der Waals surface area contributed by atoms with Crippen molar-refractivity contribution >= 4 is 22.5 Å². The van der Waals surface area contributed by atoms with Gasteiger partial charge in [-0.15, -0.1) is 0 Å². The van der Waals surface area contributed by atoms with Gasteiger partial charge < -0.3 is 9.64 Å². The van der Waals surface area contributed by atoms with Crippen molar-refractivity contribution < 1.29 is 9.53 Å². The zero-order chi connectivity index (χ0) is 22.7. The molecule has 0 aliphatic carbocycles. The molecule has 1 atom stereocenters. The summed E-state index contributed by atoms with van der Waals surface area (Å²) in [7, 11) is 1.62. The SMILES string of the molecule is CC.COc1c(C(=O)N2CCCC(c3cc(C)nc4ncnn34)C2)ccc2ccccc12. The number of aryl methyl sites for hydroxylation is 1. The summed E-state index contributed by atoms with van der Waals surface area (Å²) < 4.78 is 7.46. The van der Waals surface area contributed by atoms with Gasteiger partial charge >= 0.3 is 0 Å². The number of carbonyl (C=O) groups excluding carboxylic acids is 1. The fourth-order valence-electron chi connectivity index (χ4n) is 4.45. The number of likely N-dealkylation sites (tertiary alicyclic amines) is 1. The monoisotopic (exact) mass is 431 g/mol. The minimum absolute atomic E-state index is 0.00270. The van der Waals surface area contributed by atoms with Crippen LogP contribution in [0.25, 0.3) is 16.6 Å². The number of fused-ring (bicyclic) bond motifs is 2. The number of methoxy groups -OCH3 is 1. The van der Waals surface area contributed by atoms with E-state index in [0.29, 0.717) is 23.6 Å². The predicted octanol–water partition coefficient (Wildman–Crippen LogP) is 4.64. The number of piperidine rings is 1. The van der Waals surface area contributed by atoms with Crippen LogP contribution in [0.1, 0.15) is 54.4 Å². The van der Waals surface area contributed by atoms with Gasteiger partial charge in [0.15, 0.2) is 0 Å². The van der Waals surface area contributed by atoms with Crippen LogP contribution in [0, 0.1) is 6.92 Å². The zero-order valence-corrected chi connectivity index (χ0v) is 19.1. The Bertz CT molecular complexity index is 1250. The van der Waals surface area contributed by atoms with Crippen molar-refractivity contribution in [1.82, 2.24) is 24.5 Å². The van der Waals surface area contributed by atoms with Crippen molar-refractivity contribution in [2.75, 3.05) is 20.2 Å². The van der Waals surface area contributed by atoms with Gasteiger partial charge in [0.2, 0.25) is 0 Å². The molecule has 5 rings (SSSR count). The number of aromatic nitrogens is 4. The van der Waals surface area contributed by atoms with Crippen molar-refractivity contribution in [3.63, 3.8) is 0 Å². The molecule has 0 N–H and O–H groups in total. The number of nitrogens with zero attached hydrogens (tertiary/aromatic N) is 5. The van der Waals surface area contributed by atoms with Crippen LogP contribution in [0.5, 0.6) is 5.75 Å². The predicted molar refractivity (Wildman–Crippen MR) is 125 cm³/mol. The van der Waals surface area contributed by atoms with Gasteiger partial charge in [0.05, 0.1) is 18.4 Å². The second kappa shape index (κ2) is 9.34. The molecule has 1 saturated heterocycles. The molecule has 32 heavy (non-hydrogen) atoms. The van der Waals surface area contributed by atoms with Crippen molar-refractivity contribution in [2.45, 2.75) is 39.5 Å². The molecule has 3 heterocycles. The van der Waals surface area contributed by atoms with E-state index in [-0.39, 0.29) is 11.8 Å². The van der Waals surface area contributed by atoms with Gasteiger partial charge in [-0.05, 0) is 37.3 Å². The van der Waals surface area contributed by atoms with Crippen LogP contribution in [-0.4, -0.2) is 50.6 Å². The normalized spacial score (nSPS) is 16.0. The molecule has 0 spiro atoms. The number of hydrogen-bond donors (Lipinski definition) is 0. The van der Waals surface area contributed by atoms with Crippen LogP contribution in [0.3, 0.4) is 0 Å². The van der Waals surface area contributed by atoms with E-state index in [1.807, 2.05) is 62.1 Å². The molecule has 1 unspecified atom stereocenters. The Balaban J connectivity index is 0.00000119. The number of rotatable bonds is 3. The highest BCUT2D eigenvalue weighted by Crippen LogP contribution is 2.33. The van der Waals surface area contributed by atoms with E-state index in [1.165, 1.54) is 6.33 Å². The van der Waals surface area contributed by atoms with Crippen molar-refractivity contribution in [1.29, 1.82) is 0 Å². The number of ether oxygens (including phenoxy) is 1. The van der Waals surface area contributed by atoms with Gasteiger partial charge in [-0.1, -0.05) is 44.2 Å². The van der Waals surface area contributed by atoms with E-state index in [2.05, 4.69) is 21.1 Å². The fraction of sp³-hybridized carbons (Fsp3) is 0.360. The molecule has 7 heteroatoms. The highest BCUT2D eigenvalue weighted by atomic mass is 16.5. The summed E-state index contributed by atoms with van der Waals surface area (Å²) in [5.41, 5.74) is 2.57. The molecule has 1 aliphatic heterocycles. The molecule has 4 aromatic rings. The van der Waals surface area contributed by atoms with Crippen molar-refractivity contribution in [2.24, 2.45) is 0 Å².